The summed E-state index contributed by atoms with van der Waals surface area (Å²) in [5.41, 5.74) is 6.51. The lowest BCUT2D eigenvalue weighted by Crippen LogP contribution is -1.82. The summed E-state index contributed by atoms with van der Waals surface area (Å²) >= 11 is 0. The van der Waals surface area contributed by atoms with Crippen LogP contribution in [-0.2, 0) is 0 Å². The maximum absolute atomic E-state index is 5.85. The molecule has 4 rings (SSSR count). The van der Waals surface area contributed by atoms with E-state index in [0.717, 1.165) is 33.5 Å². The Hall–Kier alpha value is -2.95. The Morgan fingerprint density at radius 2 is 1.91 bits per heavy atom. The molecule has 0 aliphatic carbocycles. The van der Waals surface area contributed by atoms with Crippen LogP contribution in [0.1, 0.15) is 11.3 Å². The predicted molar refractivity (Wildman–Crippen MR) is 84.3 cm³/mol. The van der Waals surface area contributed by atoms with Crippen molar-refractivity contribution in [3.8, 4) is 22.7 Å². The van der Waals surface area contributed by atoms with E-state index < -0.39 is 0 Å². The molecule has 0 spiro atoms. The molecule has 1 N–H and O–H groups in total. The third-order valence-corrected chi connectivity index (χ3v) is 3.52. The number of hydrogen-bond acceptors (Lipinski definition) is 4. The van der Waals surface area contributed by atoms with Crippen LogP contribution in [-0.4, -0.2) is 20.2 Å². The second-order valence-electron chi connectivity index (χ2n) is 5.39. The second-order valence-corrected chi connectivity index (χ2v) is 5.39. The van der Waals surface area contributed by atoms with E-state index in [1.54, 1.807) is 0 Å². The molecule has 0 aliphatic rings. The molecular weight excluding hydrogens is 276 g/mol. The fourth-order valence-electron chi connectivity index (χ4n) is 2.45. The van der Waals surface area contributed by atoms with Crippen molar-refractivity contribution >= 4 is 11.1 Å². The molecule has 5 nitrogen and oxygen atoms in total. The molecule has 0 amide bonds. The van der Waals surface area contributed by atoms with E-state index in [0.29, 0.717) is 11.6 Å². The average molecular weight is 290 g/mol. The summed E-state index contributed by atoms with van der Waals surface area (Å²) in [6.45, 7) is 3.98. The van der Waals surface area contributed by atoms with Gasteiger partial charge in [0.1, 0.15) is 11.2 Å². The summed E-state index contributed by atoms with van der Waals surface area (Å²) in [6, 6.07) is 9.99. The van der Waals surface area contributed by atoms with Gasteiger partial charge in [-0.2, -0.15) is 5.10 Å². The third-order valence-electron chi connectivity index (χ3n) is 3.52. The molecule has 0 bridgehead atoms. The number of benzene rings is 1. The van der Waals surface area contributed by atoms with Crippen LogP contribution in [0.15, 0.2) is 47.1 Å². The van der Waals surface area contributed by atoms with Crippen LogP contribution in [0.4, 0.5) is 0 Å². The molecule has 1 aromatic carbocycles. The maximum Gasteiger partial charge on any atom is 0.248 e. The molecule has 3 aromatic heterocycles. The van der Waals surface area contributed by atoms with E-state index in [4.69, 9.17) is 4.42 Å². The van der Waals surface area contributed by atoms with E-state index in [2.05, 4.69) is 26.2 Å². The number of nitrogens with one attached hydrogen (secondary N) is 1. The van der Waals surface area contributed by atoms with Crippen molar-refractivity contribution in [2.75, 3.05) is 0 Å². The number of aromatic amines is 1. The number of hydrogen-bond donors (Lipinski definition) is 1. The van der Waals surface area contributed by atoms with Gasteiger partial charge in [-0.3, -0.25) is 10.1 Å². The number of pyridine rings is 1. The zero-order chi connectivity index (χ0) is 15.1. The number of H-pyrrole nitrogens is 1. The zero-order valence-electron chi connectivity index (χ0n) is 12.3. The molecule has 0 saturated carbocycles. The minimum Gasteiger partial charge on any atom is -0.435 e. The highest BCUT2D eigenvalue weighted by Gasteiger charge is 2.12. The molecule has 0 aliphatic heterocycles. The van der Waals surface area contributed by atoms with Gasteiger partial charge in [0.05, 0.1) is 0 Å². The van der Waals surface area contributed by atoms with E-state index in [1.807, 2.05) is 50.5 Å². The van der Waals surface area contributed by atoms with Crippen molar-refractivity contribution in [2.24, 2.45) is 0 Å². The van der Waals surface area contributed by atoms with Gasteiger partial charge in [0.15, 0.2) is 5.58 Å². The van der Waals surface area contributed by atoms with Gasteiger partial charge >= 0.3 is 0 Å². The van der Waals surface area contributed by atoms with Crippen molar-refractivity contribution in [3.05, 3.63) is 54.0 Å². The number of nitrogens with zero attached hydrogens (tertiary/aromatic N) is 3. The third kappa shape index (κ3) is 2.16. The number of fused-ring (bicyclic) bond motifs is 1. The highest BCUT2D eigenvalue weighted by atomic mass is 16.3. The van der Waals surface area contributed by atoms with Crippen LogP contribution < -0.4 is 0 Å². The molecule has 0 fully saturated rings. The van der Waals surface area contributed by atoms with Crippen LogP contribution in [0, 0.1) is 13.8 Å². The first-order chi connectivity index (χ1) is 10.7. The second kappa shape index (κ2) is 4.80. The van der Waals surface area contributed by atoms with Crippen LogP contribution in [0.25, 0.3) is 33.8 Å². The van der Waals surface area contributed by atoms with Crippen LogP contribution >= 0.6 is 0 Å². The molecule has 108 valence electrons. The van der Waals surface area contributed by atoms with Crippen molar-refractivity contribution in [1.82, 2.24) is 20.2 Å². The van der Waals surface area contributed by atoms with Crippen molar-refractivity contribution in [1.29, 1.82) is 0 Å². The number of aromatic nitrogens is 4. The first kappa shape index (κ1) is 12.8. The Kier molecular flexibility index (Phi) is 2.79. The molecule has 3 heterocycles. The van der Waals surface area contributed by atoms with Gasteiger partial charge in [0.2, 0.25) is 5.89 Å². The summed E-state index contributed by atoms with van der Waals surface area (Å²) in [5.74, 6) is 0.527. The van der Waals surface area contributed by atoms with Crippen molar-refractivity contribution < 1.29 is 4.42 Å². The Labute approximate surface area is 127 Å². The Bertz CT molecular complexity index is 968. The zero-order valence-corrected chi connectivity index (χ0v) is 12.3. The van der Waals surface area contributed by atoms with Gasteiger partial charge in [0, 0.05) is 23.7 Å². The maximum atomic E-state index is 5.85. The van der Waals surface area contributed by atoms with Gasteiger partial charge in [0.25, 0.3) is 0 Å². The fraction of sp³-hybridized carbons (Fsp3) is 0.118. The Morgan fingerprint density at radius 3 is 2.68 bits per heavy atom. The van der Waals surface area contributed by atoms with E-state index in [-0.39, 0.29) is 0 Å². The lowest BCUT2D eigenvalue weighted by atomic mass is 10.1. The molecule has 4 aromatic rings. The quantitative estimate of drug-likeness (QED) is 0.608. The minimum atomic E-state index is 0.527. The first-order valence-electron chi connectivity index (χ1n) is 7.04. The topological polar surface area (TPSA) is 67.6 Å². The van der Waals surface area contributed by atoms with Crippen LogP contribution in [0.5, 0.6) is 0 Å². The number of rotatable bonds is 2. The summed E-state index contributed by atoms with van der Waals surface area (Å²) in [4.78, 5) is 8.72. The largest absolute Gasteiger partial charge is 0.435 e. The molecule has 0 saturated heterocycles. The summed E-state index contributed by atoms with van der Waals surface area (Å²) in [7, 11) is 0. The summed E-state index contributed by atoms with van der Waals surface area (Å²) in [5, 5.41) is 7.08. The SMILES string of the molecule is Cc1cncc(-c2ccc3nc(-c4cc(C)[nH]n4)oc3c2)c1. The molecule has 22 heavy (non-hydrogen) atoms. The standard InChI is InChI=1S/C17H14N4O/c1-10-5-13(9-18-8-10)12-3-4-14-16(7-12)22-17(19-14)15-6-11(2)20-21-15/h3-9H,1-2H3,(H,20,21). The minimum absolute atomic E-state index is 0.527. The summed E-state index contributed by atoms with van der Waals surface area (Å²) < 4.78 is 5.85. The van der Waals surface area contributed by atoms with Gasteiger partial charge in [-0.05, 0) is 49.2 Å². The van der Waals surface area contributed by atoms with E-state index >= 15 is 0 Å². The van der Waals surface area contributed by atoms with Gasteiger partial charge in [-0.15, -0.1) is 0 Å². The van der Waals surface area contributed by atoms with Gasteiger partial charge in [-0.1, -0.05) is 6.07 Å². The van der Waals surface area contributed by atoms with Gasteiger partial charge < -0.3 is 4.42 Å². The van der Waals surface area contributed by atoms with Gasteiger partial charge in [-0.25, -0.2) is 4.98 Å². The predicted octanol–water partition coefficient (Wildman–Crippen LogP) is 3.90. The van der Waals surface area contributed by atoms with E-state index in [1.165, 1.54) is 0 Å². The number of aryl methyl sites for hydroxylation is 2. The van der Waals surface area contributed by atoms with E-state index in [9.17, 15) is 0 Å². The lowest BCUT2D eigenvalue weighted by molar-refractivity contribution is 0.616. The smallest absolute Gasteiger partial charge is 0.248 e. The van der Waals surface area contributed by atoms with Crippen LogP contribution in [0.2, 0.25) is 0 Å². The Balaban J connectivity index is 1.81. The first-order valence-corrected chi connectivity index (χ1v) is 7.04. The van der Waals surface area contributed by atoms with Crippen molar-refractivity contribution in [2.45, 2.75) is 13.8 Å². The number of oxazole rings is 1. The average Bonchev–Trinajstić information content (AvgIpc) is 3.12. The lowest BCUT2D eigenvalue weighted by Gasteiger charge is -2.01. The Morgan fingerprint density at radius 1 is 1.00 bits per heavy atom. The summed E-state index contributed by atoms with van der Waals surface area (Å²) in [6.07, 6.45) is 3.69. The molecular formula is C17H14N4O. The van der Waals surface area contributed by atoms with Crippen LogP contribution in [0.3, 0.4) is 0 Å². The molecule has 0 unspecified atom stereocenters. The highest BCUT2D eigenvalue weighted by molar-refractivity contribution is 5.81. The normalized spacial score (nSPS) is 11.2. The molecule has 5 heteroatoms. The molecule has 0 atom stereocenters. The highest BCUT2D eigenvalue weighted by Crippen LogP contribution is 2.28. The van der Waals surface area contributed by atoms with Crippen molar-refractivity contribution in [3.63, 3.8) is 0 Å². The molecule has 0 radical (unpaired) electrons. The fourth-order valence-corrected chi connectivity index (χ4v) is 2.45. The monoisotopic (exact) mass is 290 g/mol.